The van der Waals surface area contributed by atoms with E-state index in [9.17, 15) is 14.4 Å². The van der Waals surface area contributed by atoms with Crippen molar-refractivity contribution in [2.24, 2.45) is 5.10 Å². The van der Waals surface area contributed by atoms with Gasteiger partial charge in [-0.2, -0.15) is 5.10 Å². The number of urea groups is 1. The maximum atomic E-state index is 13.5. The Bertz CT molecular complexity index is 1280. The van der Waals surface area contributed by atoms with Crippen molar-refractivity contribution < 1.29 is 18.8 Å². The first kappa shape index (κ1) is 22.6. The van der Waals surface area contributed by atoms with Crippen molar-refractivity contribution >= 4 is 23.6 Å². The zero-order valence-electron chi connectivity index (χ0n) is 19.6. The molecule has 1 fully saturated rings. The van der Waals surface area contributed by atoms with E-state index in [1.54, 1.807) is 30.5 Å². The van der Waals surface area contributed by atoms with E-state index in [1.807, 2.05) is 56.3 Å². The minimum atomic E-state index is -1.19. The van der Waals surface area contributed by atoms with Gasteiger partial charge in [-0.25, -0.2) is 9.80 Å². The first-order chi connectivity index (χ1) is 16.9. The van der Waals surface area contributed by atoms with E-state index >= 15 is 0 Å². The lowest BCUT2D eigenvalue weighted by Crippen LogP contribution is -2.45. The Kier molecular flexibility index (Phi) is 5.72. The zero-order chi connectivity index (χ0) is 24.6. The van der Waals surface area contributed by atoms with Crippen LogP contribution in [0.4, 0.5) is 4.79 Å². The average molecular weight is 471 g/mol. The fourth-order valence-corrected chi connectivity index (χ4v) is 4.70. The van der Waals surface area contributed by atoms with Gasteiger partial charge in [-0.15, -0.1) is 0 Å². The van der Waals surface area contributed by atoms with E-state index in [0.717, 1.165) is 21.7 Å². The smallest absolute Gasteiger partial charge is 0.325 e. The summed E-state index contributed by atoms with van der Waals surface area (Å²) in [6.45, 7) is 3.43. The molecule has 1 saturated heterocycles. The van der Waals surface area contributed by atoms with Crippen LogP contribution in [0.15, 0.2) is 82.5 Å². The van der Waals surface area contributed by atoms with Crippen LogP contribution < -0.4 is 5.32 Å². The minimum Gasteiger partial charge on any atom is -0.467 e. The number of rotatable bonds is 6. The number of carbonyl (C=O) groups excluding carboxylic acids is 3. The number of furan rings is 1. The van der Waals surface area contributed by atoms with Crippen molar-refractivity contribution in [3.8, 4) is 0 Å². The molecule has 1 aromatic heterocycles. The Balaban J connectivity index is 1.42. The van der Waals surface area contributed by atoms with Crippen LogP contribution in [0.3, 0.4) is 0 Å². The van der Waals surface area contributed by atoms with Crippen LogP contribution in [0.2, 0.25) is 0 Å². The van der Waals surface area contributed by atoms with Gasteiger partial charge in [-0.05, 0) is 36.6 Å². The quantitative estimate of drug-likeness (QED) is 0.548. The molecular weight excluding hydrogens is 444 g/mol. The van der Waals surface area contributed by atoms with Crippen molar-refractivity contribution in [3.63, 3.8) is 0 Å². The Labute approximate surface area is 203 Å². The summed E-state index contributed by atoms with van der Waals surface area (Å²) in [6, 6.07) is 19.5. The highest BCUT2D eigenvalue weighted by Crippen LogP contribution is 2.35. The maximum Gasteiger partial charge on any atom is 0.325 e. The summed E-state index contributed by atoms with van der Waals surface area (Å²) in [6.07, 6.45) is 2.38. The third-order valence-corrected chi connectivity index (χ3v) is 6.69. The number of aryl methyl sites for hydroxylation is 1. The molecule has 2 atom stereocenters. The molecule has 2 aliphatic rings. The number of imide groups is 1. The third kappa shape index (κ3) is 3.90. The second-order valence-corrected chi connectivity index (χ2v) is 8.83. The molecule has 3 aromatic rings. The normalized spacial score (nSPS) is 21.9. The Morgan fingerprint density at radius 2 is 1.83 bits per heavy atom. The van der Waals surface area contributed by atoms with E-state index in [0.29, 0.717) is 24.2 Å². The van der Waals surface area contributed by atoms with Crippen LogP contribution in [0.1, 0.15) is 48.3 Å². The fourth-order valence-electron chi connectivity index (χ4n) is 4.70. The van der Waals surface area contributed by atoms with E-state index in [-0.39, 0.29) is 0 Å². The van der Waals surface area contributed by atoms with Crippen LogP contribution in [0, 0.1) is 6.92 Å². The molecule has 5 rings (SSSR count). The molecule has 0 aliphatic carbocycles. The lowest BCUT2D eigenvalue weighted by atomic mass is 9.87. The highest BCUT2D eigenvalue weighted by atomic mass is 16.3. The number of hydrogen-bond donors (Lipinski definition) is 1. The van der Waals surface area contributed by atoms with Gasteiger partial charge >= 0.3 is 6.03 Å². The van der Waals surface area contributed by atoms with E-state index in [1.165, 1.54) is 5.01 Å². The summed E-state index contributed by atoms with van der Waals surface area (Å²) in [5.74, 6) is -0.313. The maximum absolute atomic E-state index is 13.5. The van der Waals surface area contributed by atoms with Gasteiger partial charge in [0.2, 0.25) is 0 Å². The lowest BCUT2D eigenvalue weighted by molar-refractivity contribution is -0.140. The molecule has 3 heterocycles. The van der Waals surface area contributed by atoms with Crippen LogP contribution in [0.5, 0.6) is 0 Å². The second kappa shape index (κ2) is 8.87. The molecule has 178 valence electrons. The van der Waals surface area contributed by atoms with Gasteiger partial charge in [0.05, 0.1) is 12.0 Å². The highest BCUT2D eigenvalue weighted by Gasteiger charge is 2.52. The average Bonchev–Trinajstić information content (AvgIpc) is 3.61. The molecule has 4 amide bonds. The Morgan fingerprint density at radius 1 is 1.09 bits per heavy atom. The van der Waals surface area contributed by atoms with E-state index in [4.69, 9.17) is 4.42 Å². The standard InChI is InChI=1S/C27H26N4O4/c1-3-27(20-8-5-4-6-9-20)25(33)30(26(34)28-27)17-24(32)31-22(23-10-7-15-35-23)16-21(29-31)19-13-11-18(2)12-14-19/h4-15,22H,3,16-17H2,1-2H3,(H,28,34)/t22-,27+/m0/s1. The summed E-state index contributed by atoms with van der Waals surface area (Å²) < 4.78 is 5.59. The fraction of sp³-hybridized carbons (Fsp3) is 0.259. The molecule has 8 heteroatoms. The number of benzene rings is 2. The topological polar surface area (TPSA) is 95.2 Å². The zero-order valence-corrected chi connectivity index (χ0v) is 19.6. The molecule has 0 spiro atoms. The highest BCUT2D eigenvalue weighted by molar-refractivity contribution is 6.10. The van der Waals surface area contributed by atoms with E-state index < -0.39 is 36.0 Å². The Hall–Kier alpha value is -4.20. The molecule has 0 bridgehead atoms. The van der Waals surface area contributed by atoms with Gasteiger partial charge < -0.3 is 9.73 Å². The summed E-state index contributed by atoms with van der Waals surface area (Å²) in [5.41, 5.74) is 2.26. The molecule has 1 N–H and O–H groups in total. The van der Waals surface area contributed by atoms with Gasteiger partial charge in [0.25, 0.3) is 11.8 Å². The molecule has 8 nitrogen and oxygen atoms in total. The largest absolute Gasteiger partial charge is 0.467 e. The molecule has 2 aliphatic heterocycles. The van der Waals surface area contributed by atoms with Crippen molar-refractivity contribution in [1.29, 1.82) is 0 Å². The minimum absolute atomic E-state index is 0.362. The Morgan fingerprint density at radius 3 is 2.49 bits per heavy atom. The summed E-state index contributed by atoms with van der Waals surface area (Å²) in [5, 5.41) is 8.76. The first-order valence-corrected chi connectivity index (χ1v) is 11.6. The first-order valence-electron chi connectivity index (χ1n) is 11.6. The van der Waals surface area contributed by atoms with E-state index in [2.05, 4.69) is 10.4 Å². The number of amides is 4. The molecule has 0 radical (unpaired) electrons. The van der Waals surface area contributed by atoms with Crippen LogP contribution in [-0.4, -0.2) is 40.0 Å². The second-order valence-electron chi connectivity index (χ2n) is 8.83. The predicted octanol–water partition coefficient (Wildman–Crippen LogP) is 4.12. The molecular formula is C27H26N4O4. The molecule has 0 unspecified atom stereocenters. The molecule has 2 aromatic carbocycles. The van der Waals surface area contributed by atoms with Crippen LogP contribution in [-0.2, 0) is 15.1 Å². The molecule has 35 heavy (non-hydrogen) atoms. The predicted molar refractivity (Wildman–Crippen MR) is 129 cm³/mol. The number of hydrazone groups is 1. The van der Waals surface area contributed by atoms with Gasteiger partial charge in [-0.3, -0.25) is 14.5 Å². The number of nitrogens with zero attached hydrogens (tertiary/aromatic N) is 3. The summed E-state index contributed by atoms with van der Waals surface area (Å²) >= 11 is 0. The monoisotopic (exact) mass is 470 g/mol. The van der Waals surface area contributed by atoms with Crippen molar-refractivity contribution in [3.05, 3.63) is 95.4 Å². The van der Waals surface area contributed by atoms with Gasteiger partial charge in [-0.1, -0.05) is 67.1 Å². The van der Waals surface area contributed by atoms with Gasteiger partial charge in [0.15, 0.2) is 0 Å². The van der Waals surface area contributed by atoms with Crippen LogP contribution >= 0.6 is 0 Å². The SMILES string of the molecule is CC[C@]1(c2ccccc2)NC(=O)N(CC(=O)N2N=C(c3ccc(C)cc3)C[C@H]2c2ccco2)C1=O. The van der Waals surface area contributed by atoms with Crippen molar-refractivity contribution in [1.82, 2.24) is 15.2 Å². The van der Waals surface area contributed by atoms with Crippen molar-refractivity contribution in [2.75, 3.05) is 6.54 Å². The van der Waals surface area contributed by atoms with Crippen molar-refractivity contribution in [2.45, 2.75) is 38.3 Å². The summed E-state index contributed by atoms with van der Waals surface area (Å²) in [4.78, 5) is 40.8. The van der Waals surface area contributed by atoms with Gasteiger partial charge in [0, 0.05) is 6.42 Å². The van der Waals surface area contributed by atoms with Crippen LogP contribution in [0.25, 0.3) is 0 Å². The number of carbonyl (C=O) groups is 3. The third-order valence-electron chi connectivity index (χ3n) is 6.69. The molecule has 0 saturated carbocycles. The number of hydrogen-bond acceptors (Lipinski definition) is 5. The summed E-state index contributed by atoms with van der Waals surface area (Å²) in [7, 11) is 0. The lowest BCUT2D eigenvalue weighted by Gasteiger charge is -2.26. The van der Waals surface area contributed by atoms with Gasteiger partial charge in [0.1, 0.15) is 23.9 Å². The number of nitrogens with one attached hydrogen (secondary N) is 1.